The second-order valence-electron chi connectivity index (χ2n) is 3.58. The van der Waals surface area contributed by atoms with Gasteiger partial charge in [-0.1, -0.05) is 26.0 Å². The lowest BCUT2D eigenvalue weighted by atomic mass is 10.0. The van der Waals surface area contributed by atoms with Gasteiger partial charge in [-0.3, -0.25) is 4.55 Å². The summed E-state index contributed by atoms with van der Waals surface area (Å²) in [6, 6.07) is 3.65. The molecular formula is C11H16O3S. The molecule has 1 aromatic carbocycles. The van der Waals surface area contributed by atoms with E-state index in [1.807, 2.05) is 26.0 Å². The predicted octanol–water partition coefficient (Wildman–Crippen LogP) is 2.37. The molecule has 0 heterocycles. The Morgan fingerprint density at radius 2 is 1.80 bits per heavy atom. The summed E-state index contributed by atoms with van der Waals surface area (Å²) in [5, 5.41) is 0. The summed E-state index contributed by atoms with van der Waals surface area (Å²) in [6.07, 6.45) is 1.46. The van der Waals surface area contributed by atoms with E-state index in [2.05, 4.69) is 0 Å². The first-order chi connectivity index (χ1) is 6.90. The van der Waals surface area contributed by atoms with Gasteiger partial charge in [0.25, 0.3) is 10.1 Å². The Morgan fingerprint density at radius 1 is 1.20 bits per heavy atom. The van der Waals surface area contributed by atoms with E-state index in [1.54, 1.807) is 6.92 Å². The van der Waals surface area contributed by atoms with E-state index < -0.39 is 10.1 Å². The molecule has 3 nitrogen and oxygen atoms in total. The van der Waals surface area contributed by atoms with Crippen molar-refractivity contribution in [1.82, 2.24) is 0 Å². The molecule has 0 aliphatic heterocycles. The van der Waals surface area contributed by atoms with Crippen LogP contribution < -0.4 is 0 Å². The lowest BCUT2D eigenvalue weighted by Gasteiger charge is -2.10. The number of benzene rings is 1. The van der Waals surface area contributed by atoms with Gasteiger partial charge in [0.2, 0.25) is 0 Å². The standard InChI is InChI=1S/C11H16O3S/c1-4-9-6-8(3)11(15(12,13)14)10(5-2)7-9/h6-7H,4-5H2,1-3H3,(H,12,13,14). The quantitative estimate of drug-likeness (QED) is 0.808. The third-order valence-electron chi connectivity index (χ3n) is 2.46. The Balaban J connectivity index is 3.52. The van der Waals surface area contributed by atoms with E-state index in [1.165, 1.54) is 0 Å². The Bertz CT molecular complexity index is 461. The SMILES string of the molecule is CCc1cc(C)c(S(=O)(=O)O)c(CC)c1. The smallest absolute Gasteiger partial charge is 0.282 e. The summed E-state index contributed by atoms with van der Waals surface area (Å²) in [5.41, 5.74) is 2.40. The Kier molecular flexibility index (Phi) is 3.52. The minimum atomic E-state index is -4.10. The van der Waals surface area contributed by atoms with Crippen molar-refractivity contribution >= 4 is 10.1 Å². The molecule has 84 valence electrons. The van der Waals surface area contributed by atoms with Gasteiger partial charge in [-0.05, 0) is 36.5 Å². The van der Waals surface area contributed by atoms with Gasteiger partial charge in [0.1, 0.15) is 0 Å². The average molecular weight is 228 g/mol. The number of hydrogen-bond donors (Lipinski definition) is 1. The molecule has 0 radical (unpaired) electrons. The van der Waals surface area contributed by atoms with Gasteiger partial charge in [0, 0.05) is 0 Å². The molecule has 1 aromatic rings. The van der Waals surface area contributed by atoms with Crippen LogP contribution in [0.25, 0.3) is 0 Å². The molecule has 0 unspecified atom stereocenters. The summed E-state index contributed by atoms with van der Waals surface area (Å²) in [4.78, 5) is 0.0715. The third kappa shape index (κ3) is 2.58. The van der Waals surface area contributed by atoms with Crippen LogP contribution in [0.5, 0.6) is 0 Å². The van der Waals surface area contributed by atoms with Gasteiger partial charge in [0.05, 0.1) is 4.90 Å². The lowest BCUT2D eigenvalue weighted by Crippen LogP contribution is -2.06. The van der Waals surface area contributed by atoms with Crippen LogP contribution in [0.3, 0.4) is 0 Å². The summed E-state index contributed by atoms with van der Waals surface area (Å²) in [5.74, 6) is 0. The number of hydrogen-bond acceptors (Lipinski definition) is 2. The summed E-state index contributed by atoms with van der Waals surface area (Å²) in [6.45, 7) is 5.60. The molecular weight excluding hydrogens is 212 g/mol. The third-order valence-corrected chi connectivity index (χ3v) is 3.56. The first kappa shape index (κ1) is 12.2. The molecule has 0 aromatic heterocycles. The topological polar surface area (TPSA) is 54.4 Å². The van der Waals surface area contributed by atoms with Crippen molar-refractivity contribution in [3.05, 3.63) is 28.8 Å². The van der Waals surface area contributed by atoms with Crippen LogP contribution >= 0.6 is 0 Å². The fourth-order valence-corrected chi connectivity index (χ4v) is 2.76. The van der Waals surface area contributed by atoms with Crippen molar-refractivity contribution in [2.24, 2.45) is 0 Å². The fraction of sp³-hybridized carbons (Fsp3) is 0.455. The zero-order valence-electron chi connectivity index (χ0n) is 9.24. The van der Waals surface area contributed by atoms with Crippen molar-refractivity contribution in [1.29, 1.82) is 0 Å². The molecule has 0 spiro atoms. The van der Waals surface area contributed by atoms with Crippen LogP contribution in [-0.4, -0.2) is 13.0 Å². The van der Waals surface area contributed by atoms with Crippen molar-refractivity contribution in [3.8, 4) is 0 Å². The van der Waals surface area contributed by atoms with Crippen molar-refractivity contribution in [2.45, 2.75) is 38.5 Å². The average Bonchev–Trinajstić information content (AvgIpc) is 2.14. The molecule has 0 bridgehead atoms. The first-order valence-corrected chi connectivity index (χ1v) is 6.44. The Hall–Kier alpha value is -0.870. The molecule has 0 aliphatic carbocycles. The van der Waals surface area contributed by atoms with Crippen LogP contribution in [0.2, 0.25) is 0 Å². The molecule has 0 saturated carbocycles. The molecule has 0 atom stereocenters. The lowest BCUT2D eigenvalue weighted by molar-refractivity contribution is 0.481. The maximum Gasteiger partial charge on any atom is 0.295 e. The van der Waals surface area contributed by atoms with E-state index in [0.29, 0.717) is 17.5 Å². The van der Waals surface area contributed by atoms with Crippen molar-refractivity contribution in [3.63, 3.8) is 0 Å². The highest BCUT2D eigenvalue weighted by molar-refractivity contribution is 7.86. The maximum atomic E-state index is 11.2. The Labute approximate surface area is 90.9 Å². The van der Waals surface area contributed by atoms with Gasteiger partial charge in [-0.15, -0.1) is 0 Å². The molecule has 1 rings (SSSR count). The fourth-order valence-electron chi connectivity index (χ4n) is 1.76. The molecule has 0 amide bonds. The van der Waals surface area contributed by atoms with Gasteiger partial charge >= 0.3 is 0 Å². The predicted molar refractivity (Wildman–Crippen MR) is 59.7 cm³/mol. The second-order valence-corrected chi connectivity index (χ2v) is 4.94. The summed E-state index contributed by atoms with van der Waals surface area (Å²) < 4.78 is 31.5. The zero-order valence-corrected chi connectivity index (χ0v) is 10.1. The normalized spacial score (nSPS) is 11.7. The van der Waals surface area contributed by atoms with Crippen LogP contribution in [-0.2, 0) is 23.0 Å². The highest BCUT2D eigenvalue weighted by atomic mass is 32.2. The Morgan fingerprint density at radius 3 is 2.20 bits per heavy atom. The van der Waals surface area contributed by atoms with E-state index >= 15 is 0 Å². The summed E-state index contributed by atoms with van der Waals surface area (Å²) >= 11 is 0. The van der Waals surface area contributed by atoms with E-state index in [-0.39, 0.29) is 4.90 Å². The van der Waals surface area contributed by atoms with Gasteiger partial charge in [-0.2, -0.15) is 8.42 Å². The molecule has 0 fully saturated rings. The van der Waals surface area contributed by atoms with Crippen LogP contribution in [0.4, 0.5) is 0 Å². The van der Waals surface area contributed by atoms with Crippen LogP contribution in [0.15, 0.2) is 17.0 Å². The van der Waals surface area contributed by atoms with E-state index in [9.17, 15) is 8.42 Å². The van der Waals surface area contributed by atoms with Gasteiger partial charge in [-0.25, -0.2) is 0 Å². The first-order valence-electron chi connectivity index (χ1n) is 5.00. The second kappa shape index (κ2) is 4.33. The molecule has 4 heteroatoms. The van der Waals surface area contributed by atoms with Crippen molar-refractivity contribution < 1.29 is 13.0 Å². The molecule has 15 heavy (non-hydrogen) atoms. The molecule has 1 N–H and O–H groups in total. The van der Waals surface area contributed by atoms with Crippen molar-refractivity contribution in [2.75, 3.05) is 0 Å². The minimum absolute atomic E-state index is 0.0715. The summed E-state index contributed by atoms with van der Waals surface area (Å²) in [7, 11) is -4.10. The molecule has 0 saturated heterocycles. The van der Waals surface area contributed by atoms with Gasteiger partial charge < -0.3 is 0 Å². The maximum absolute atomic E-state index is 11.2. The minimum Gasteiger partial charge on any atom is -0.282 e. The highest BCUT2D eigenvalue weighted by Crippen LogP contribution is 2.23. The number of aryl methyl sites for hydroxylation is 3. The monoisotopic (exact) mass is 228 g/mol. The number of rotatable bonds is 3. The van der Waals surface area contributed by atoms with E-state index in [4.69, 9.17) is 4.55 Å². The van der Waals surface area contributed by atoms with Gasteiger partial charge in [0.15, 0.2) is 0 Å². The van der Waals surface area contributed by atoms with Crippen LogP contribution in [0, 0.1) is 6.92 Å². The largest absolute Gasteiger partial charge is 0.295 e. The molecule has 0 aliphatic rings. The highest BCUT2D eigenvalue weighted by Gasteiger charge is 2.17. The van der Waals surface area contributed by atoms with Crippen LogP contribution in [0.1, 0.15) is 30.5 Å². The van der Waals surface area contributed by atoms with E-state index in [0.717, 1.165) is 12.0 Å². The zero-order chi connectivity index (χ0) is 11.6.